The van der Waals surface area contributed by atoms with Gasteiger partial charge in [0.2, 0.25) is 0 Å². The third kappa shape index (κ3) is 3.61. The zero-order chi connectivity index (χ0) is 19.8. The fourth-order valence-corrected chi connectivity index (χ4v) is 4.44. The Kier molecular flexibility index (Phi) is 5.29. The Hall–Kier alpha value is -2.12. The molecular formula is C20H17Cl2N3O2S. The first kappa shape index (κ1) is 19.2. The van der Waals surface area contributed by atoms with Gasteiger partial charge in [0.15, 0.2) is 0 Å². The molecule has 8 heteroatoms. The number of hydrogen-bond acceptors (Lipinski definition) is 5. The molecule has 1 atom stereocenters. The van der Waals surface area contributed by atoms with Gasteiger partial charge in [-0.15, -0.1) is 11.3 Å². The molecule has 4 rings (SSSR count). The number of aromatic nitrogens is 2. The van der Waals surface area contributed by atoms with Crippen molar-refractivity contribution >= 4 is 44.8 Å². The summed E-state index contributed by atoms with van der Waals surface area (Å²) >= 11 is 13.7. The Balaban J connectivity index is 1.64. The smallest absolute Gasteiger partial charge is 0.260 e. The van der Waals surface area contributed by atoms with E-state index in [1.54, 1.807) is 18.4 Å². The van der Waals surface area contributed by atoms with Gasteiger partial charge < -0.3 is 9.40 Å². The number of benzene rings is 1. The lowest BCUT2D eigenvalue weighted by Crippen LogP contribution is -2.26. The predicted octanol–water partition coefficient (Wildman–Crippen LogP) is 5.74. The first-order valence-corrected chi connectivity index (χ1v) is 10.3. The number of furan rings is 1. The van der Waals surface area contributed by atoms with E-state index >= 15 is 0 Å². The number of nitrogens with one attached hydrogen (secondary N) is 1. The average Bonchev–Trinajstić information content (AvgIpc) is 3.32. The molecule has 3 aromatic heterocycles. The zero-order valence-electron chi connectivity index (χ0n) is 15.2. The van der Waals surface area contributed by atoms with Crippen molar-refractivity contribution < 1.29 is 4.42 Å². The van der Waals surface area contributed by atoms with E-state index in [-0.39, 0.29) is 11.6 Å². The molecule has 28 heavy (non-hydrogen) atoms. The maximum atomic E-state index is 12.8. The van der Waals surface area contributed by atoms with Crippen LogP contribution >= 0.6 is 34.5 Å². The van der Waals surface area contributed by atoms with Crippen LogP contribution in [0.3, 0.4) is 0 Å². The Bertz CT molecular complexity index is 1180. The Morgan fingerprint density at radius 2 is 2.14 bits per heavy atom. The normalized spacial score (nSPS) is 12.8. The van der Waals surface area contributed by atoms with Crippen LogP contribution in [0.2, 0.25) is 10.0 Å². The third-order valence-corrected chi connectivity index (χ3v) is 6.20. The third-order valence-electron chi connectivity index (χ3n) is 4.74. The minimum absolute atomic E-state index is 0.113. The second-order valence-corrected chi connectivity index (χ2v) is 8.29. The van der Waals surface area contributed by atoms with Crippen molar-refractivity contribution in [1.29, 1.82) is 0 Å². The van der Waals surface area contributed by atoms with Gasteiger partial charge in [-0.1, -0.05) is 29.3 Å². The quantitative estimate of drug-likeness (QED) is 0.435. The van der Waals surface area contributed by atoms with Gasteiger partial charge in [-0.05, 0) is 43.8 Å². The van der Waals surface area contributed by atoms with Gasteiger partial charge >= 0.3 is 0 Å². The van der Waals surface area contributed by atoms with Crippen molar-refractivity contribution in [3.63, 3.8) is 0 Å². The van der Waals surface area contributed by atoms with Crippen LogP contribution < -0.4 is 5.56 Å². The minimum Gasteiger partial charge on any atom is -0.464 e. The van der Waals surface area contributed by atoms with Crippen LogP contribution in [0.4, 0.5) is 0 Å². The fourth-order valence-electron chi connectivity index (χ4n) is 3.04. The average molecular weight is 434 g/mol. The molecule has 1 N–H and O–H groups in total. The Labute approximate surface area is 175 Å². The molecule has 0 aliphatic heterocycles. The van der Waals surface area contributed by atoms with E-state index in [0.717, 1.165) is 11.1 Å². The molecule has 0 saturated carbocycles. The predicted molar refractivity (Wildman–Crippen MR) is 114 cm³/mol. The molecule has 0 radical (unpaired) electrons. The van der Waals surface area contributed by atoms with Gasteiger partial charge in [0, 0.05) is 27.5 Å². The van der Waals surface area contributed by atoms with Crippen LogP contribution in [-0.4, -0.2) is 21.9 Å². The van der Waals surface area contributed by atoms with E-state index in [1.807, 2.05) is 37.6 Å². The van der Waals surface area contributed by atoms with E-state index in [2.05, 4.69) is 9.88 Å². The number of hydrogen-bond donors (Lipinski definition) is 1. The van der Waals surface area contributed by atoms with E-state index in [1.165, 1.54) is 11.3 Å². The molecule has 0 aliphatic rings. The largest absolute Gasteiger partial charge is 0.464 e. The van der Waals surface area contributed by atoms with E-state index in [9.17, 15) is 4.79 Å². The van der Waals surface area contributed by atoms with E-state index in [4.69, 9.17) is 32.6 Å². The summed E-state index contributed by atoms with van der Waals surface area (Å²) in [5.41, 5.74) is 1.55. The highest BCUT2D eigenvalue weighted by Crippen LogP contribution is 2.32. The summed E-state index contributed by atoms with van der Waals surface area (Å²) in [6.07, 6.45) is 1.59. The molecule has 0 fully saturated rings. The molecule has 1 aromatic carbocycles. The van der Waals surface area contributed by atoms with Crippen LogP contribution in [0.25, 0.3) is 21.5 Å². The molecule has 3 heterocycles. The monoisotopic (exact) mass is 433 g/mol. The van der Waals surface area contributed by atoms with Gasteiger partial charge in [-0.2, -0.15) is 0 Å². The fraction of sp³-hybridized carbons (Fsp3) is 0.200. The van der Waals surface area contributed by atoms with Gasteiger partial charge in [0.05, 0.1) is 17.7 Å². The number of H-pyrrole nitrogens is 1. The summed E-state index contributed by atoms with van der Waals surface area (Å²) < 4.78 is 5.44. The lowest BCUT2D eigenvalue weighted by atomic mass is 10.1. The second kappa shape index (κ2) is 7.72. The lowest BCUT2D eigenvalue weighted by molar-refractivity contribution is 0.244. The molecule has 144 valence electrons. The van der Waals surface area contributed by atoms with E-state index in [0.29, 0.717) is 38.4 Å². The van der Waals surface area contributed by atoms with Crippen molar-refractivity contribution in [2.45, 2.75) is 19.5 Å². The first-order chi connectivity index (χ1) is 13.4. The maximum Gasteiger partial charge on any atom is 0.260 e. The summed E-state index contributed by atoms with van der Waals surface area (Å²) in [5, 5.41) is 3.67. The topological polar surface area (TPSA) is 62.1 Å². The summed E-state index contributed by atoms with van der Waals surface area (Å²) in [6, 6.07) is 8.97. The summed E-state index contributed by atoms with van der Waals surface area (Å²) in [6.45, 7) is 2.59. The van der Waals surface area contributed by atoms with Crippen molar-refractivity contribution in [2.24, 2.45) is 0 Å². The Morgan fingerprint density at radius 1 is 1.32 bits per heavy atom. The molecule has 0 saturated heterocycles. The SMILES string of the molecule is C[C@@H](c1nc2scc(-c3ccco3)c2c(=O)[nH]1)N(C)Cc1ccc(Cl)cc1Cl. The van der Waals surface area contributed by atoms with Crippen LogP contribution in [-0.2, 0) is 6.54 Å². The second-order valence-electron chi connectivity index (χ2n) is 6.58. The van der Waals surface area contributed by atoms with Gasteiger partial charge in [-0.25, -0.2) is 4.98 Å². The molecular weight excluding hydrogens is 417 g/mol. The molecule has 0 bridgehead atoms. The molecule has 0 unspecified atom stereocenters. The lowest BCUT2D eigenvalue weighted by Gasteiger charge is -2.24. The number of thiophene rings is 1. The van der Waals surface area contributed by atoms with E-state index < -0.39 is 0 Å². The van der Waals surface area contributed by atoms with Crippen LogP contribution in [0.1, 0.15) is 24.4 Å². The minimum atomic E-state index is -0.169. The molecule has 4 aromatic rings. The summed E-state index contributed by atoms with van der Waals surface area (Å²) in [5.74, 6) is 1.27. The van der Waals surface area contributed by atoms with Gasteiger partial charge in [0.1, 0.15) is 16.4 Å². The number of nitrogens with zero attached hydrogens (tertiary/aromatic N) is 2. The Morgan fingerprint density at radius 3 is 2.86 bits per heavy atom. The highest BCUT2D eigenvalue weighted by atomic mass is 35.5. The van der Waals surface area contributed by atoms with Crippen molar-refractivity contribution in [1.82, 2.24) is 14.9 Å². The maximum absolute atomic E-state index is 12.8. The summed E-state index contributed by atoms with van der Waals surface area (Å²) in [4.78, 5) is 23.2. The zero-order valence-corrected chi connectivity index (χ0v) is 17.5. The molecule has 0 aliphatic carbocycles. The molecule has 0 spiro atoms. The van der Waals surface area contributed by atoms with Crippen LogP contribution in [0.15, 0.2) is 51.2 Å². The number of halogens is 2. The van der Waals surface area contributed by atoms with Crippen molar-refractivity contribution in [3.05, 3.63) is 73.8 Å². The number of fused-ring (bicyclic) bond motifs is 1. The van der Waals surface area contributed by atoms with Gasteiger partial charge in [-0.3, -0.25) is 9.69 Å². The number of aromatic amines is 1. The summed E-state index contributed by atoms with van der Waals surface area (Å²) in [7, 11) is 1.96. The van der Waals surface area contributed by atoms with Crippen molar-refractivity contribution in [3.8, 4) is 11.3 Å². The number of rotatable bonds is 5. The standard InChI is InChI=1S/C20H17Cl2N3O2S/c1-11(25(2)9-12-5-6-13(21)8-15(12)22)18-23-19(26)17-14(10-28-20(17)24-18)16-4-3-7-27-16/h3-8,10-11H,9H2,1-2H3,(H,23,24,26)/t11-/m0/s1. The van der Waals surface area contributed by atoms with Crippen molar-refractivity contribution in [2.75, 3.05) is 7.05 Å². The first-order valence-electron chi connectivity index (χ1n) is 8.63. The van der Waals surface area contributed by atoms with Crippen LogP contribution in [0, 0.1) is 0 Å². The molecule has 0 amide bonds. The van der Waals surface area contributed by atoms with Gasteiger partial charge in [0.25, 0.3) is 5.56 Å². The van der Waals surface area contributed by atoms with Crippen LogP contribution in [0.5, 0.6) is 0 Å². The molecule has 5 nitrogen and oxygen atoms in total. The highest BCUT2D eigenvalue weighted by Gasteiger charge is 2.20. The highest BCUT2D eigenvalue weighted by molar-refractivity contribution is 7.17.